The Balaban J connectivity index is 2.70. The van der Waals surface area contributed by atoms with Crippen LogP contribution < -0.4 is 5.32 Å². The second-order valence-electron chi connectivity index (χ2n) is 3.65. The van der Waals surface area contributed by atoms with Gasteiger partial charge in [0.05, 0.1) is 0 Å². The van der Waals surface area contributed by atoms with Crippen LogP contribution in [0.15, 0.2) is 18.3 Å². The number of hydrogen-bond acceptors (Lipinski definition) is 3. The molecular formula is C11H13N3O. The van der Waals surface area contributed by atoms with Crippen LogP contribution in [0.3, 0.4) is 0 Å². The van der Waals surface area contributed by atoms with E-state index < -0.39 is 0 Å². The van der Waals surface area contributed by atoms with Gasteiger partial charge in [0.15, 0.2) is 0 Å². The minimum absolute atomic E-state index is 0.164. The Morgan fingerprint density at radius 3 is 3.00 bits per heavy atom. The van der Waals surface area contributed by atoms with Gasteiger partial charge in [0.2, 0.25) is 0 Å². The van der Waals surface area contributed by atoms with Gasteiger partial charge in [-0.15, -0.1) is 0 Å². The molecule has 0 aliphatic heterocycles. The minimum atomic E-state index is -0.164. The van der Waals surface area contributed by atoms with Gasteiger partial charge in [0.25, 0.3) is 5.91 Å². The number of carbonyl (C=O) groups excluding carboxylic acids is 1. The van der Waals surface area contributed by atoms with Gasteiger partial charge in [-0.3, -0.25) is 4.79 Å². The Bertz CT molecular complexity index is 393. The lowest BCUT2D eigenvalue weighted by molar-refractivity contribution is 0.0949. The molecule has 1 N–H and O–H groups in total. The van der Waals surface area contributed by atoms with Crippen LogP contribution in [-0.2, 0) is 0 Å². The Morgan fingerprint density at radius 2 is 2.40 bits per heavy atom. The van der Waals surface area contributed by atoms with Crippen molar-refractivity contribution >= 4 is 5.91 Å². The van der Waals surface area contributed by atoms with Crippen molar-refractivity contribution in [3.8, 4) is 6.07 Å². The number of carbonyl (C=O) groups is 1. The van der Waals surface area contributed by atoms with Crippen LogP contribution in [0.4, 0.5) is 0 Å². The van der Waals surface area contributed by atoms with Gasteiger partial charge in [-0.25, -0.2) is 4.98 Å². The highest BCUT2D eigenvalue weighted by atomic mass is 16.1. The molecule has 0 aliphatic carbocycles. The molecule has 4 nitrogen and oxygen atoms in total. The first-order chi connectivity index (χ1) is 7.13. The number of nitrogens with one attached hydrogen (secondary N) is 1. The highest BCUT2D eigenvalue weighted by Gasteiger charge is 2.06. The molecular weight excluding hydrogens is 190 g/mol. The van der Waals surface area contributed by atoms with E-state index in [-0.39, 0.29) is 11.6 Å². The smallest absolute Gasteiger partial charge is 0.251 e. The van der Waals surface area contributed by atoms with Gasteiger partial charge in [-0.05, 0) is 18.1 Å². The number of amides is 1. The standard InChI is InChI=1S/C11H13N3O/c1-8(2)7-14-11(15)9-3-4-13-10(5-9)6-12/h3-5,8H,7H2,1-2H3,(H,14,15). The maximum Gasteiger partial charge on any atom is 0.251 e. The van der Waals surface area contributed by atoms with E-state index in [9.17, 15) is 4.79 Å². The fourth-order valence-electron chi connectivity index (χ4n) is 1.03. The lowest BCUT2D eigenvalue weighted by Crippen LogP contribution is -2.27. The van der Waals surface area contributed by atoms with Crippen molar-refractivity contribution in [2.75, 3.05) is 6.54 Å². The first kappa shape index (κ1) is 11.2. The molecule has 0 atom stereocenters. The summed E-state index contributed by atoms with van der Waals surface area (Å²) in [4.78, 5) is 15.4. The number of rotatable bonds is 3. The van der Waals surface area contributed by atoms with Crippen molar-refractivity contribution in [2.24, 2.45) is 5.92 Å². The average Bonchev–Trinajstić information content (AvgIpc) is 2.26. The molecule has 0 saturated heterocycles. The largest absolute Gasteiger partial charge is 0.352 e. The molecule has 0 radical (unpaired) electrons. The Hall–Kier alpha value is -1.89. The van der Waals surface area contributed by atoms with E-state index in [4.69, 9.17) is 5.26 Å². The van der Waals surface area contributed by atoms with Gasteiger partial charge in [-0.1, -0.05) is 13.8 Å². The Morgan fingerprint density at radius 1 is 1.67 bits per heavy atom. The van der Waals surface area contributed by atoms with Crippen molar-refractivity contribution in [3.05, 3.63) is 29.6 Å². The summed E-state index contributed by atoms with van der Waals surface area (Å²) in [6.45, 7) is 4.67. The van der Waals surface area contributed by atoms with Crippen LogP contribution in [0.5, 0.6) is 0 Å². The number of nitriles is 1. The van der Waals surface area contributed by atoms with Crippen LogP contribution in [-0.4, -0.2) is 17.4 Å². The molecule has 0 aliphatic rings. The molecule has 1 amide bonds. The SMILES string of the molecule is CC(C)CNC(=O)c1ccnc(C#N)c1. The predicted octanol–water partition coefficient (Wildman–Crippen LogP) is 1.34. The molecule has 0 unspecified atom stereocenters. The quantitative estimate of drug-likeness (QED) is 0.806. The van der Waals surface area contributed by atoms with Crippen molar-refractivity contribution in [2.45, 2.75) is 13.8 Å². The van der Waals surface area contributed by atoms with Gasteiger partial charge < -0.3 is 5.32 Å². The lowest BCUT2D eigenvalue weighted by atomic mass is 10.2. The summed E-state index contributed by atoms with van der Waals surface area (Å²) in [5.74, 6) is 0.244. The fourth-order valence-corrected chi connectivity index (χ4v) is 1.03. The monoisotopic (exact) mass is 203 g/mol. The Labute approximate surface area is 88.9 Å². The van der Waals surface area contributed by atoms with Crippen LogP contribution in [0.2, 0.25) is 0 Å². The molecule has 1 aromatic heterocycles. The van der Waals surface area contributed by atoms with Crippen LogP contribution in [0.25, 0.3) is 0 Å². The van der Waals surface area contributed by atoms with E-state index >= 15 is 0 Å². The van der Waals surface area contributed by atoms with E-state index in [2.05, 4.69) is 10.3 Å². The fraction of sp³-hybridized carbons (Fsp3) is 0.364. The van der Waals surface area contributed by atoms with Crippen molar-refractivity contribution < 1.29 is 4.79 Å². The topological polar surface area (TPSA) is 65.8 Å². The molecule has 1 aromatic rings. The molecule has 1 heterocycles. The zero-order valence-electron chi connectivity index (χ0n) is 8.82. The summed E-state index contributed by atoms with van der Waals surface area (Å²) in [7, 11) is 0. The number of nitrogens with zero attached hydrogens (tertiary/aromatic N) is 2. The molecule has 0 aromatic carbocycles. The molecule has 78 valence electrons. The first-order valence-electron chi connectivity index (χ1n) is 4.78. The summed E-state index contributed by atoms with van der Waals surface area (Å²) in [5.41, 5.74) is 0.731. The normalized spacial score (nSPS) is 9.73. The summed E-state index contributed by atoms with van der Waals surface area (Å²) in [6, 6.07) is 4.97. The number of hydrogen-bond donors (Lipinski definition) is 1. The molecule has 0 fully saturated rings. The van der Waals surface area contributed by atoms with E-state index in [1.165, 1.54) is 12.3 Å². The first-order valence-corrected chi connectivity index (χ1v) is 4.78. The number of pyridine rings is 1. The van der Waals surface area contributed by atoms with Crippen LogP contribution in [0, 0.1) is 17.2 Å². The summed E-state index contributed by atoms with van der Waals surface area (Å²) in [5, 5.41) is 11.4. The van der Waals surface area contributed by atoms with Crippen molar-refractivity contribution in [1.29, 1.82) is 5.26 Å². The van der Waals surface area contributed by atoms with Crippen molar-refractivity contribution in [3.63, 3.8) is 0 Å². The molecule has 15 heavy (non-hydrogen) atoms. The highest BCUT2D eigenvalue weighted by molar-refractivity contribution is 5.94. The maximum atomic E-state index is 11.6. The molecule has 0 bridgehead atoms. The Kier molecular flexibility index (Phi) is 3.81. The second-order valence-corrected chi connectivity index (χ2v) is 3.65. The highest BCUT2D eigenvalue weighted by Crippen LogP contribution is 2.01. The minimum Gasteiger partial charge on any atom is -0.352 e. The zero-order chi connectivity index (χ0) is 11.3. The average molecular weight is 203 g/mol. The molecule has 4 heteroatoms. The van der Waals surface area contributed by atoms with Crippen LogP contribution >= 0.6 is 0 Å². The second kappa shape index (κ2) is 5.11. The zero-order valence-corrected chi connectivity index (χ0v) is 8.82. The number of aromatic nitrogens is 1. The third-order valence-corrected chi connectivity index (χ3v) is 1.81. The lowest BCUT2D eigenvalue weighted by Gasteiger charge is -2.07. The van der Waals surface area contributed by atoms with Gasteiger partial charge in [0, 0.05) is 18.3 Å². The maximum absolute atomic E-state index is 11.6. The van der Waals surface area contributed by atoms with Gasteiger partial charge in [-0.2, -0.15) is 5.26 Å². The van der Waals surface area contributed by atoms with E-state index in [0.717, 1.165) is 0 Å². The predicted molar refractivity (Wildman–Crippen MR) is 56.1 cm³/mol. The molecule has 0 saturated carbocycles. The summed E-state index contributed by atoms with van der Waals surface area (Å²) < 4.78 is 0. The van der Waals surface area contributed by atoms with Crippen LogP contribution in [0.1, 0.15) is 29.9 Å². The van der Waals surface area contributed by atoms with Crippen molar-refractivity contribution in [1.82, 2.24) is 10.3 Å². The molecule has 1 rings (SSSR count). The van der Waals surface area contributed by atoms with Gasteiger partial charge >= 0.3 is 0 Å². The van der Waals surface area contributed by atoms with E-state index in [1.54, 1.807) is 6.07 Å². The summed E-state index contributed by atoms with van der Waals surface area (Å²) >= 11 is 0. The molecule has 0 spiro atoms. The third kappa shape index (κ3) is 3.39. The summed E-state index contributed by atoms with van der Waals surface area (Å²) in [6.07, 6.45) is 1.46. The third-order valence-electron chi connectivity index (χ3n) is 1.81. The van der Waals surface area contributed by atoms with E-state index in [1.807, 2.05) is 19.9 Å². The van der Waals surface area contributed by atoms with Gasteiger partial charge in [0.1, 0.15) is 11.8 Å². The van der Waals surface area contributed by atoms with E-state index in [0.29, 0.717) is 18.0 Å².